The fourth-order valence-electron chi connectivity index (χ4n) is 13.8. The van der Waals surface area contributed by atoms with Gasteiger partial charge in [-0.3, -0.25) is 9.59 Å². The van der Waals surface area contributed by atoms with Crippen LogP contribution < -0.4 is 5.32 Å². The summed E-state index contributed by atoms with van der Waals surface area (Å²) in [6.07, 6.45) is 4.45. The second-order valence-corrected chi connectivity index (χ2v) is 19.0. The SMILES string of the molecule is C[C@H](O)CN[C@]12CC[C@@]3(c4cccc(O)c4)C[C@](C)([C@@H]1C(C)(C)C3=O)[C@H]1CCC3=C([C@H](C)C[C@@H](O)[C@H]4OC4(C)C)C(=O)C[C@]3(C)[C@@]1(C)C2. The van der Waals surface area contributed by atoms with Crippen LogP contribution in [0.2, 0.25) is 0 Å². The Hall–Kier alpha value is -2.06. The van der Waals surface area contributed by atoms with Crippen LogP contribution in [0, 0.1) is 39.4 Å². The van der Waals surface area contributed by atoms with Gasteiger partial charge in [-0.1, -0.05) is 59.2 Å². The van der Waals surface area contributed by atoms with Gasteiger partial charge < -0.3 is 25.4 Å². The minimum atomic E-state index is -0.732. The Morgan fingerprint density at radius 2 is 1.69 bits per heavy atom. The molecule has 1 heterocycles. The molecule has 1 aromatic carbocycles. The summed E-state index contributed by atoms with van der Waals surface area (Å²) < 4.78 is 5.77. The molecule has 1 aromatic rings. The number of Topliss-reactive ketones (excluding diaryl/α,β-unsaturated/α-hetero) is 2. The first-order valence-electron chi connectivity index (χ1n) is 18.6. The number of phenols is 1. The van der Waals surface area contributed by atoms with Gasteiger partial charge in [-0.15, -0.1) is 0 Å². The molecular weight excluding hydrogens is 602 g/mol. The largest absolute Gasteiger partial charge is 0.508 e. The van der Waals surface area contributed by atoms with Crippen LogP contribution in [0.25, 0.3) is 0 Å². The van der Waals surface area contributed by atoms with Crippen molar-refractivity contribution in [1.29, 1.82) is 0 Å². The standard InChI is InChI=1S/C41H59NO6/c1-23(17-28(45)32-36(5,6)48-32)31-27-13-14-30-37(7)21-40(25-11-10-12-26(44)18-25)15-16-41(42-20-24(2)43,33(37)35(3,4)34(40)47)22-39(30,9)38(27,8)19-29(31)46/h10-12,18,23-24,28,30,32-33,42-45H,13-17,19-22H2,1-9H3/t23-,24+,28-,30-,32-,33+,37+,38+,39+,40+,41+/m1/s1. The van der Waals surface area contributed by atoms with Crippen molar-refractivity contribution in [3.8, 4) is 5.75 Å². The Morgan fingerprint density at radius 1 is 1.00 bits per heavy atom. The van der Waals surface area contributed by atoms with Crippen molar-refractivity contribution in [2.45, 2.75) is 149 Å². The number of ether oxygens (including phenoxy) is 1. The number of aliphatic hydroxyl groups excluding tert-OH is 2. The molecule has 7 nitrogen and oxygen atoms in total. The molecule has 0 radical (unpaired) electrons. The van der Waals surface area contributed by atoms with Crippen LogP contribution in [-0.4, -0.2) is 62.9 Å². The maximum atomic E-state index is 15.0. The lowest BCUT2D eigenvalue weighted by Gasteiger charge is -2.73. The topological polar surface area (TPSA) is 119 Å². The average molecular weight is 662 g/mol. The number of allylic oxidation sites excluding steroid dienone is 2. The Labute approximate surface area is 287 Å². The van der Waals surface area contributed by atoms with Crippen LogP contribution >= 0.6 is 0 Å². The number of epoxide rings is 1. The zero-order valence-corrected chi connectivity index (χ0v) is 30.7. The van der Waals surface area contributed by atoms with Gasteiger partial charge in [0.15, 0.2) is 5.78 Å². The lowest BCUT2D eigenvalue weighted by molar-refractivity contribution is -0.213. The van der Waals surface area contributed by atoms with Crippen LogP contribution in [0.5, 0.6) is 5.75 Å². The fourth-order valence-corrected chi connectivity index (χ4v) is 13.8. The van der Waals surface area contributed by atoms with E-state index in [1.54, 1.807) is 6.07 Å². The number of rotatable bonds is 8. The van der Waals surface area contributed by atoms with Gasteiger partial charge in [-0.05, 0) is 118 Å². The summed E-state index contributed by atoms with van der Waals surface area (Å²) in [5.41, 5.74) is 0.147. The highest BCUT2D eigenvalue weighted by atomic mass is 16.6. The van der Waals surface area contributed by atoms with E-state index in [9.17, 15) is 20.1 Å². The molecular formula is C41H59NO6. The molecule has 7 heteroatoms. The third-order valence-corrected chi connectivity index (χ3v) is 15.3. The summed E-state index contributed by atoms with van der Waals surface area (Å²) >= 11 is 0. The number of aliphatic hydroxyl groups is 2. The van der Waals surface area contributed by atoms with Gasteiger partial charge in [0.25, 0.3) is 0 Å². The molecule has 6 aliphatic carbocycles. The maximum Gasteiger partial charge on any atom is 0.159 e. The molecule has 8 rings (SSSR count). The highest BCUT2D eigenvalue weighted by Gasteiger charge is 2.78. The molecule has 1 aliphatic heterocycles. The van der Waals surface area contributed by atoms with Crippen molar-refractivity contribution in [3.05, 3.63) is 41.0 Å². The third kappa shape index (κ3) is 4.45. The van der Waals surface area contributed by atoms with Crippen LogP contribution in [0.1, 0.15) is 119 Å². The summed E-state index contributed by atoms with van der Waals surface area (Å²) in [5.74, 6) is 0.922. The molecule has 0 amide bonds. The molecule has 264 valence electrons. The number of carbonyl (C=O) groups excluding carboxylic acids is 2. The van der Waals surface area contributed by atoms with Gasteiger partial charge >= 0.3 is 0 Å². The predicted octanol–water partition coefficient (Wildman–Crippen LogP) is 6.41. The highest BCUT2D eigenvalue weighted by Crippen LogP contribution is 2.79. The molecule has 11 atom stereocenters. The molecule has 4 bridgehead atoms. The van der Waals surface area contributed by atoms with Gasteiger partial charge in [-0.25, -0.2) is 0 Å². The Bertz CT molecular complexity index is 1580. The van der Waals surface area contributed by atoms with E-state index in [1.165, 1.54) is 5.57 Å². The lowest BCUT2D eigenvalue weighted by atomic mass is 9.32. The second kappa shape index (κ2) is 10.5. The van der Waals surface area contributed by atoms with Crippen molar-refractivity contribution in [3.63, 3.8) is 0 Å². The number of fused-ring (bicyclic) bond motifs is 5. The molecule has 5 saturated carbocycles. The Morgan fingerprint density at radius 3 is 2.31 bits per heavy atom. The molecule has 1 saturated heterocycles. The number of hydrogen-bond acceptors (Lipinski definition) is 7. The fraction of sp³-hybridized carbons (Fsp3) is 0.756. The smallest absolute Gasteiger partial charge is 0.159 e. The summed E-state index contributed by atoms with van der Waals surface area (Å²) in [5, 5.41) is 36.4. The Balaban J connectivity index is 1.37. The lowest BCUT2D eigenvalue weighted by Crippen LogP contribution is -2.74. The van der Waals surface area contributed by atoms with E-state index < -0.39 is 28.6 Å². The van der Waals surface area contributed by atoms with Gasteiger partial charge in [0.1, 0.15) is 17.6 Å². The Kier molecular flexibility index (Phi) is 7.52. The number of β-amino-alcohol motifs (C(OH)–C–C–N with tert-alkyl or cyclic N) is 1. The zero-order chi connectivity index (χ0) is 35.0. The summed E-state index contributed by atoms with van der Waals surface area (Å²) in [6.45, 7) is 19.9. The number of hydrogen-bond donors (Lipinski definition) is 4. The normalized spacial score (nSPS) is 44.1. The van der Waals surface area contributed by atoms with E-state index in [1.807, 2.05) is 39.0 Å². The van der Waals surface area contributed by atoms with Crippen molar-refractivity contribution < 1.29 is 29.6 Å². The number of nitrogens with one attached hydrogen (secondary N) is 1. The summed E-state index contributed by atoms with van der Waals surface area (Å²) in [6, 6.07) is 7.41. The van der Waals surface area contributed by atoms with Crippen molar-refractivity contribution in [2.24, 2.45) is 39.4 Å². The van der Waals surface area contributed by atoms with E-state index >= 15 is 4.79 Å². The molecule has 6 fully saturated rings. The van der Waals surface area contributed by atoms with Crippen molar-refractivity contribution in [2.75, 3.05) is 6.54 Å². The predicted molar refractivity (Wildman–Crippen MR) is 185 cm³/mol. The minimum Gasteiger partial charge on any atom is -0.508 e. The first-order valence-corrected chi connectivity index (χ1v) is 18.6. The first kappa shape index (κ1) is 34.4. The summed E-state index contributed by atoms with van der Waals surface area (Å²) in [7, 11) is 0. The van der Waals surface area contributed by atoms with Gasteiger partial charge in [0, 0.05) is 29.3 Å². The monoisotopic (exact) mass is 661 g/mol. The molecule has 48 heavy (non-hydrogen) atoms. The molecule has 0 unspecified atom stereocenters. The minimum absolute atomic E-state index is 0.0384. The second-order valence-electron chi connectivity index (χ2n) is 19.0. The van der Waals surface area contributed by atoms with E-state index in [0.717, 1.165) is 36.8 Å². The quantitative estimate of drug-likeness (QED) is 0.238. The molecule has 0 aromatic heterocycles. The zero-order valence-electron chi connectivity index (χ0n) is 30.7. The van der Waals surface area contributed by atoms with Gasteiger partial charge in [0.2, 0.25) is 0 Å². The number of benzene rings is 1. The van der Waals surface area contributed by atoms with E-state index in [0.29, 0.717) is 32.2 Å². The average Bonchev–Trinajstić information content (AvgIpc) is 3.57. The first-order chi connectivity index (χ1) is 22.2. The number of phenolic OH excluding ortho intramolecular Hbond substituents is 1. The van der Waals surface area contributed by atoms with Crippen molar-refractivity contribution >= 4 is 11.6 Å². The maximum absolute atomic E-state index is 15.0. The third-order valence-electron chi connectivity index (χ3n) is 15.3. The van der Waals surface area contributed by atoms with Crippen LogP contribution in [0.15, 0.2) is 35.4 Å². The van der Waals surface area contributed by atoms with Gasteiger partial charge in [-0.2, -0.15) is 0 Å². The summed E-state index contributed by atoms with van der Waals surface area (Å²) in [4.78, 5) is 29.2. The van der Waals surface area contributed by atoms with Crippen LogP contribution in [-0.2, 0) is 19.7 Å². The van der Waals surface area contributed by atoms with Gasteiger partial charge in [0.05, 0.1) is 23.2 Å². The molecule has 0 spiro atoms. The number of carbonyl (C=O) groups is 2. The molecule has 4 N–H and O–H groups in total. The van der Waals surface area contributed by atoms with Crippen LogP contribution in [0.4, 0.5) is 0 Å². The number of aromatic hydroxyl groups is 1. The van der Waals surface area contributed by atoms with E-state index in [2.05, 4.69) is 46.9 Å². The van der Waals surface area contributed by atoms with Crippen molar-refractivity contribution in [1.82, 2.24) is 5.32 Å². The highest BCUT2D eigenvalue weighted by molar-refractivity contribution is 6.01. The van der Waals surface area contributed by atoms with Crippen LogP contribution in [0.3, 0.4) is 0 Å². The molecule has 7 aliphatic rings. The number of ketones is 2. The van der Waals surface area contributed by atoms with E-state index in [-0.39, 0.29) is 63.0 Å². The van der Waals surface area contributed by atoms with E-state index in [4.69, 9.17) is 4.74 Å².